The summed E-state index contributed by atoms with van der Waals surface area (Å²) in [5, 5.41) is 0. The second-order valence-electron chi connectivity index (χ2n) is 5.19. The fourth-order valence-electron chi connectivity index (χ4n) is 2.86. The lowest BCUT2D eigenvalue weighted by Crippen LogP contribution is -2.49. The van der Waals surface area contributed by atoms with Gasteiger partial charge in [-0.05, 0) is 32.1 Å². The summed E-state index contributed by atoms with van der Waals surface area (Å²) in [6, 6.07) is 0.299. The van der Waals surface area contributed by atoms with Crippen molar-refractivity contribution in [2.75, 3.05) is 13.1 Å². The first-order chi connectivity index (χ1) is 8.24. The first kappa shape index (κ1) is 14.5. The van der Waals surface area contributed by atoms with Gasteiger partial charge in [0.05, 0.1) is 0 Å². The average molecular weight is 240 g/mol. The van der Waals surface area contributed by atoms with Crippen molar-refractivity contribution in [3.05, 3.63) is 0 Å². The second kappa shape index (κ2) is 7.70. The lowest BCUT2D eigenvalue weighted by molar-refractivity contribution is -0.139. The molecule has 0 radical (unpaired) electrons. The molecule has 0 aromatic carbocycles. The Morgan fingerprint density at radius 2 is 1.94 bits per heavy atom. The SMILES string of the molecule is CCCC(CCC)C(=O)N1CCCCC1CN. The van der Waals surface area contributed by atoms with Gasteiger partial charge < -0.3 is 10.6 Å². The number of carbonyl (C=O) groups is 1. The maximum absolute atomic E-state index is 12.5. The van der Waals surface area contributed by atoms with Crippen LogP contribution in [0.1, 0.15) is 58.8 Å². The Kier molecular flexibility index (Phi) is 6.56. The fraction of sp³-hybridized carbons (Fsp3) is 0.929. The van der Waals surface area contributed by atoms with Gasteiger partial charge in [0.1, 0.15) is 0 Å². The molecule has 1 amide bonds. The Morgan fingerprint density at radius 1 is 1.29 bits per heavy atom. The van der Waals surface area contributed by atoms with Gasteiger partial charge in [-0.1, -0.05) is 26.7 Å². The highest BCUT2D eigenvalue weighted by atomic mass is 16.2. The first-order valence-corrected chi connectivity index (χ1v) is 7.25. The van der Waals surface area contributed by atoms with E-state index < -0.39 is 0 Å². The Hall–Kier alpha value is -0.570. The van der Waals surface area contributed by atoms with Crippen molar-refractivity contribution in [1.29, 1.82) is 0 Å². The number of hydrogen-bond donors (Lipinski definition) is 1. The maximum Gasteiger partial charge on any atom is 0.225 e. The number of carbonyl (C=O) groups excluding carboxylic acids is 1. The van der Waals surface area contributed by atoms with Crippen molar-refractivity contribution < 1.29 is 4.79 Å². The highest BCUT2D eigenvalue weighted by Gasteiger charge is 2.29. The van der Waals surface area contributed by atoms with Crippen LogP contribution in [0, 0.1) is 5.92 Å². The zero-order valence-electron chi connectivity index (χ0n) is 11.5. The quantitative estimate of drug-likeness (QED) is 0.775. The van der Waals surface area contributed by atoms with E-state index in [9.17, 15) is 4.79 Å². The van der Waals surface area contributed by atoms with Crippen molar-refractivity contribution in [2.24, 2.45) is 11.7 Å². The molecule has 100 valence electrons. The molecule has 0 aromatic rings. The molecule has 1 saturated heterocycles. The third-order valence-electron chi connectivity index (χ3n) is 3.81. The molecule has 0 aromatic heterocycles. The van der Waals surface area contributed by atoms with E-state index in [1.165, 1.54) is 6.42 Å². The first-order valence-electron chi connectivity index (χ1n) is 7.25. The van der Waals surface area contributed by atoms with Crippen LogP contribution in [0.25, 0.3) is 0 Å². The minimum absolute atomic E-state index is 0.233. The summed E-state index contributed by atoms with van der Waals surface area (Å²) in [6.45, 7) is 5.86. The predicted octanol–water partition coefficient (Wildman–Crippen LogP) is 2.54. The molecule has 1 aliphatic heterocycles. The molecule has 1 fully saturated rings. The van der Waals surface area contributed by atoms with Gasteiger partial charge in [0, 0.05) is 25.0 Å². The van der Waals surface area contributed by atoms with Gasteiger partial charge in [0.15, 0.2) is 0 Å². The minimum Gasteiger partial charge on any atom is -0.338 e. The smallest absolute Gasteiger partial charge is 0.225 e. The van der Waals surface area contributed by atoms with Crippen LogP contribution in [0.3, 0.4) is 0 Å². The molecule has 3 nitrogen and oxygen atoms in total. The largest absolute Gasteiger partial charge is 0.338 e. The number of amides is 1. The summed E-state index contributed by atoms with van der Waals surface area (Å²) in [5.74, 6) is 0.598. The van der Waals surface area contributed by atoms with E-state index in [1.807, 2.05) is 0 Å². The highest BCUT2D eigenvalue weighted by molar-refractivity contribution is 5.79. The molecule has 0 aliphatic carbocycles. The number of likely N-dealkylation sites (tertiary alicyclic amines) is 1. The topological polar surface area (TPSA) is 46.3 Å². The molecule has 1 atom stereocenters. The Bertz CT molecular complexity index is 224. The zero-order chi connectivity index (χ0) is 12.7. The monoisotopic (exact) mass is 240 g/mol. The molecule has 3 heteroatoms. The van der Waals surface area contributed by atoms with E-state index in [2.05, 4.69) is 18.7 Å². The molecule has 1 aliphatic rings. The Balaban J connectivity index is 2.62. The van der Waals surface area contributed by atoms with Gasteiger partial charge in [-0.2, -0.15) is 0 Å². The van der Waals surface area contributed by atoms with Crippen LogP contribution in [0.2, 0.25) is 0 Å². The summed E-state index contributed by atoms with van der Waals surface area (Å²) in [5.41, 5.74) is 5.79. The molecule has 1 heterocycles. The summed E-state index contributed by atoms with van der Waals surface area (Å²) in [6.07, 6.45) is 7.70. The number of nitrogens with zero attached hydrogens (tertiary/aromatic N) is 1. The summed E-state index contributed by atoms with van der Waals surface area (Å²) < 4.78 is 0. The Labute approximate surface area is 106 Å². The van der Waals surface area contributed by atoms with Crippen LogP contribution in [-0.2, 0) is 4.79 Å². The molecule has 1 unspecified atom stereocenters. The minimum atomic E-state index is 0.233. The molecular weight excluding hydrogens is 212 g/mol. The van der Waals surface area contributed by atoms with Crippen LogP contribution < -0.4 is 5.73 Å². The fourth-order valence-corrected chi connectivity index (χ4v) is 2.86. The van der Waals surface area contributed by atoms with E-state index in [-0.39, 0.29) is 5.92 Å². The molecule has 17 heavy (non-hydrogen) atoms. The molecule has 2 N–H and O–H groups in total. The van der Waals surface area contributed by atoms with Crippen molar-refractivity contribution in [3.8, 4) is 0 Å². The van der Waals surface area contributed by atoms with E-state index in [1.54, 1.807) is 0 Å². The third-order valence-corrected chi connectivity index (χ3v) is 3.81. The highest BCUT2D eigenvalue weighted by Crippen LogP contribution is 2.23. The van der Waals surface area contributed by atoms with Crippen molar-refractivity contribution >= 4 is 5.91 Å². The second-order valence-corrected chi connectivity index (χ2v) is 5.19. The standard InChI is InChI=1S/C14H28N2O/c1-3-7-12(8-4-2)14(17)16-10-6-5-9-13(16)11-15/h12-13H,3-11,15H2,1-2H3. The third kappa shape index (κ3) is 3.98. The maximum atomic E-state index is 12.5. The van der Waals surface area contributed by atoms with Crippen molar-refractivity contribution in [3.63, 3.8) is 0 Å². The lowest BCUT2D eigenvalue weighted by Gasteiger charge is -2.37. The van der Waals surface area contributed by atoms with Gasteiger partial charge in [-0.15, -0.1) is 0 Å². The molecule has 0 saturated carbocycles. The molecule has 0 bridgehead atoms. The van der Waals surface area contributed by atoms with Gasteiger partial charge in [0.2, 0.25) is 5.91 Å². The van der Waals surface area contributed by atoms with Gasteiger partial charge in [-0.3, -0.25) is 4.79 Å². The van der Waals surface area contributed by atoms with Crippen LogP contribution in [-0.4, -0.2) is 29.9 Å². The van der Waals surface area contributed by atoms with Crippen LogP contribution >= 0.6 is 0 Å². The van der Waals surface area contributed by atoms with Crippen molar-refractivity contribution in [2.45, 2.75) is 64.8 Å². The number of rotatable bonds is 6. The predicted molar refractivity (Wildman–Crippen MR) is 71.7 cm³/mol. The summed E-state index contributed by atoms with van der Waals surface area (Å²) in [7, 11) is 0. The number of nitrogens with two attached hydrogens (primary N) is 1. The van der Waals surface area contributed by atoms with E-state index in [4.69, 9.17) is 5.73 Å². The zero-order valence-corrected chi connectivity index (χ0v) is 11.5. The lowest BCUT2D eigenvalue weighted by atomic mass is 9.93. The van der Waals surface area contributed by atoms with E-state index in [0.29, 0.717) is 18.5 Å². The van der Waals surface area contributed by atoms with E-state index in [0.717, 1.165) is 45.1 Å². The van der Waals surface area contributed by atoms with Gasteiger partial charge in [-0.25, -0.2) is 0 Å². The molecule has 0 spiro atoms. The van der Waals surface area contributed by atoms with Crippen molar-refractivity contribution in [1.82, 2.24) is 4.90 Å². The van der Waals surface area contributed by atoms with Crippen LogP contribution in [0.4, 0.5) is 0 Å². The molecule has 1 rings (SSSR count). The molecular formula is C14H28N2O. The van der Waals surface area contributed by atoms with Gasteiger partial charge in [0.25, 0.3) is 0 Å². The van der Waals surface area contributed by atoms with E-state index >= 15 is 0 Å². The van der Waals surface area contributed by atoms with Crippen LogP contribution in [0.15, 0.2) is 0 Å². The van der Waals surface area contributed by atoms with Gasteiger partial charge >= 0.3 is 0 Å². The normalized spacial score (nSPS) is 20.9. The summed E-state index contributed by atoms with van der Waals surface area (Å²) >= 11 is 0. The Morgan fingerprint density at radius 3 is 2.47 bits per heavy atom. The van der Waals surface area contributed by atoms with Crippen LogP contribution in [0.5, 0.6) is 0 Å². The summed E-state index contributed by atoms with van der Waals surface area (Å²) in [4.78, 5) is 14.6. The average Bonchev–Trinajstić information content (AvgIpc) is 2.37. The number of hydrogen-bond acceptors (Lipinski definition) is 2. The number of piperidine rings is 1.